The van der Waals surface area contributed by atoms with E-state index < -0.39 is 12.1 Å². The summed E-state index contributed by atoms with van der Waals surface area (Å²) in [5.41, 5.74) is 0.945. The lowest BCUT2D eigenvalue weighted by atomic mass is 10.2. The Morgan fingerprint density at radius 3 is 2.79 bits per heavy atom. The van der Waals surface area contributed by atoms with Gasteiger partial charge in [0.15, 0.2) is 6.10 Å². The maximum atomic E-state index is 10.5. The van der Waals surface area contributed by atoms with Crippen LogP contribution in [0.3, 0.4) is 0 Å². The number of carboxylic acids is 1. The highest BCUT2D eigenvalue weighted by Crippen LogP contribution is 2.17. The summed E-state index contributed by atoms with van der Waals surface area (Å²) in [6, 6.07) is 7.56. The minimum atomic E-state index is -0.947. The van der Waals surface area contributed by atoms with Crippen LogP contribution in [0.2, 0.25) is 0 Å². The number of benzene rings is 1. The van der Waals surface area contributed by atoms with Gasteiger partial charge in [0.25, 0.3) is 0 Å². The monoisotopic (exact) mass is 258 g/mol. The fraction of sp³-hybridized carbons (Fsp3) is 0.300. The van der Waals surface area contributed by atoms with E-state index in [1.807, 2.05) is 24.3 Å². The molecule has 0 radical (unpaired) electrons. The van der Waals surface area contributed by atoms with Crippen LogP contribution in [0.5, 0.6) is 0 Å². The van der Waals surface area contributed by atoms with E-state index in [-0.39, 0.29) is 0 Å². The number of hydrogen-bond donors (Lipinski definition) is 1. The van der Waals surface area contributed by atoms with Crippen molar-refractivity contribution in [3.63, 3.8) is 0 Å². The maximum Gasteiger partial charge on any atom is 0.332 e. The lowest BCUT2D eigenvalue weighted by Crippen LogP contribution is -2.19. The molecule has 1 aromatic carbocycles. The molecule has 0 fully saturated rings. The second-order valence-corrected chi connectivity index (χ2v) is 3.74. The van der Waals surface area contributed by atoms with Gasteiger partial charge in [0.1, 0.15) is 0 Å². The summed E-state index contributed by atoms with van der Waals surface area (Å²) in [5.74, 6) is -0.947. The molecule has 4 heteroatoms. The van der Waals surface area contributed by atoms with Crippen molar-refractivity contribution in [3.05, 3.63) is 34.3 Å². The van der Waals surface area contributed by atoms with Gasteiger partial charge in [-0.3, -0.25) is 0 Å². The molecule has 0 heterocycles. The third-order valence-electron chi connectivity index (χ3n) is 1.79. The highest BCUT2D eigenvalue weighted by atomic mass is 79.9. The molecule has 0 aliphatic rings. The summed E-state index contributed by atoms with van der Waals surface area (Å²) in [7, 11) is 0. The predicted octanol–water partition coefficient (Wildman–Crippen LogP) is 2.44. The Labute approximate surface area is 90.8 Å². The van der Waals surface area contributed by atoms with Crippen LogP contribution in [-0.2, 0) is 16.1 Å². The summed E-state index contributed by atoms with van der Waals surface area (Å²) in [4.78, 5) is 10.5. The molecule has 0 saturated carbocycles. The molecule has 0 saturated heterocycles. The van der Waals surface area contributed by atoms with Crippen molar-refractivity contribution in [2.24, 2.45) is 0 Å². The molecule has 3 nitrogen and oxygen atoms in total. The van der Waals surface area contributed by atoms with Crippen molar-refractivity contribution in [3.8, 4) is 0 Å². The van der Waals surface area contributed by atoms with Crippen LogP contribution in [0.4, 0.5) is 0 Å². The van der Waals surface area contributed by atoms with Gasteiger partial charge in [0, 0.05) is 4.47 Å². The van der Waals surface area contributed by atoms with E-state index in [1.165, 1.54) is 6.92 Å². The Morgan fingerprint density at radius 1 is 1.57 bits per heavy atom. The molecule has 0 spiro atoms. The van der Waals surface area contributed by atoms with E-state index in [2.05, 4.69) is 15.9 Å². The molecular formula is C10H11BrO3. The third kappa shape index (κ3) is 3.12. The molecule has 0 bridgehead atoms. The fourth-order valence-corrected chi connectivity index (χ4v) is 1.30. The summed E-state index contributed by atoms with van der Waals surface area (Å²) in [6.45, 7) is 1.81. The largest absolute Gasteiger partial charge is 0.479 e. The molecule has 0 unspecified atom stereocenters. The molecule has 1 N–H and O–H groups in total. The molecule has 14 heavy (non-hydrogen) atoms. The van der Waals surface area contributed by atoms with Crippen molar-refractivity contribution >= 4 is 21.9 Å². The Hall–Kier alpha value is -0.870. The van der Waals surface area contributed by atoms with E-state index in [0.29, 0.717) is 6.61 Å². The molecule has 76 valence electrons. The first-order chi connectivity index (χ1) is 6.61. The number of aliphatic carboxylic acids is 1. The average Bonchev–Trinajstić information content (AvgIpc) is 2.16. The van der Waals surface area contributed by atoms with E-state index in [1.54, 1.807) is 0 Å². The fourth-order valence-electron chi connectivity index (χ4n) is 0.902. The number of carbonyl (C=O) groups is 1. The minimum Gasteiger partial charge on any atom is -0.479 e. The smallest absolute Gasteiger partial charge is 0.332 e. The van der Waals surface area contributed by atoms with Crippen LogP contribution in [0.15, 0.2) is 28.7 Å². The normalized spacial score (nSPS) is 12.4. The Kier molecular flexibility index (Phi) is 4.10. The van der Waals surface area contributed by atoms with E-state index in [9.17, 15) is 4.79 Å². The minimum absolute atomic E-state index is 0.300. The van der Waals surface area contributed by atoms with E-state index >= 15 is 0 Å². The Balaban J connectivity index is 2.54. The number of rotatable bonds is 4. The summed E-state index contributed by atoms with van der Waals surface area (Å²) in [6.07, 6.45) is -0.776. The lowest BCUT2D eigenvalue weighted by molar-refractivity contribution is -0.149. The van der Waals surface area contributed by atoms with Gasteiger partial charge in [-0.25, -0.2) is 4.79 Å². The highest BCUT2D eigenvalue weighted by Gasteiger charge is 2.11. The number of carboxylic acid groups (broad SMARTS) is 1. The SMILES string of the molecule is C[C@H](OCc1ccccc1Br)C(=O)O. The molecule has 1 aromatic rings. The quantitative estimate of drug-likeness (QED) is 0.903. The second kappa shape index (κ2) is 5.12. The first kappa shape index (κ1) is 11.2. The zero-order valence-electron chi connectivity index (χ0n) is 7.74. The predicted molar refractivity (Wildman–Crippen MR) is 56.0 cm³/mol. The molecule has 0 aliphatic carbocycles. The number of ether oxygens (including phenoxy) is 1. The van der Waals surface area contributed by atoms with Crippen molar-refractivity contribution in [2.45, 2.75) is 19.6 Å². The maximum absolute atomic E-state index is 10.5. The van der Waals surface area contributed by atoms with Crippen molar-refractivity contribution in [2.75, 3.05) is 0 Å². The zero-order chi connectivity index (χ0) is 10.6. The average molecular weight is 259 g/mol. The standard InChI is InChI=1S/C10H11BrO3/c1-7(10(12)13)14-6-8-4-2-3-5-9(8)11/h2-5,7H,6H2,1H3,(H,12,13)/t7-/m0/s1. The van der Waals surface area contributed by atoms with Crippen molar-refractivity contribution in [1.82, 2.24) is 0 Å². The molecule has 0 aliphatic heterocycles. The van der Waals surface area contributed by atoms with Gasteiger partial charge in [-0.15, -0.1) is 0 Å². The number of halogens is 1. The Morgan fingerprint density at radius 2 is 2.21 bits per heavy atom. The molecule has 0 aromatic heterocycles. The third-order valence-corrected chi connectivity index (χ3v) is 2.57. The highest BCUT2D eigenvalue weighted by molar-refractivity contribution is 9.10. The van der Waals surface area contributed by atoms with Gasteiger partial charge in [-0.1, -0.05) is 34.1 Å². The zero-order valence-corrected chi connectivity index (χ0v) is 9.32. The topological polar surface area (TPSA) is 46.5 Å². The molecule has 1 rings (SSSR count). The van der Waals surface area contributed by atoms with Gasteiger partial charge in [0.2, 0.25) is 0 Å². The first-order valence-electron chi connectivity index (χ1n) is 4.19. The Bertz CT molecular complexity index is 325. The van der Waals surface area contributed by atoms with Crippen LogP contribution in [0.25, 0.3) is 0 Å². The van der Waals surface area contributed by atoms with Crippen molar-refractivity contribution < 1.29 is 14.6 Å². The van der Waals surface area contributed by atoms with Gasteiger partial charge in [-0.2, -0.15) is 0 Å². The van der Waals surface area contributed by atoms with Gasteiger partial charge in [-0.05, 0) is 18.6 Å². The lowest BCUT2D eigenvalue weighted by Gasteiger charge is -2.09. The molecule has 0 amide bonds. The van der Waals surface area contributed by atoms with Gasteiger partial charge >= 0.3 is 5.97 Å². The van der Waals surface area contributed by atoms with E-state index in [0.717, 1.165) is 10.0 Å². The van der Waals surface area contributed by atoms with Crippen LogP contribution in [-0.4, -0.2) is 17.2 Å². The van der Waals surface area contributed by atoms with Gasteiger partial charge in [0.05, 0.1) is 6.61 Å². The van der Waals surface area contributed by atoms with Gasteiger partial charge < -0.3 is 9.84 Å². The summed E-state index contributed by atoms with van der Waals surface area (Å²) < 4.78 is 6.07. The van der Waals surface area contributed by atoms with Crippen LogP contribution < -0.4 is 0 Å². The molecular weight excluding hydrogens is 248 g/mol. The second-order valence-electron chi connectivity index (χ2n) is 2.88. The summed E-state index contributed by atoms with van der Waals surface area (Å²) in [5, 5.41) is 8.59. The van der Waals surface area contributed by atoms with Crippen LogP contribution >= 0.6 is 15.9 Å². The summed E-state index contributed by atoms with van der Waals surface area (Å²) >= 11 is 3.36. The van der Waals surface area contributed by atoms with Crippen molar-refractivity contribution in [1.29, 1.82) is 0 Å². The molecule has 1 atom stereocenters. The van der Waals surface area contributed by atoms with Crippen LogP contribution in [0.1, 0.15) is 12.5 Å². The first-order valence-corrected chi connectivity index (χ1v) is 4.98. The van der Waals surface area contributed by atoms with Crippen LogP contribution in [0, 0.1) is 0 Å². The number of hydrogen-bond acceptors (Lipinski definition) is 2. The van der Waals surface area contributed by atoms with E-state index in [4.69, 9.17) is 9.84 Å².